The van der Waals surface area contributed by atoms with Crippen molar-refractivity contribution in [2.75, 3.05) is 13.7 Å². The fourth-order valence-corrected chi connectivity index (χ4v) is 3.09. The molecule has 1 aliphatic carbocycles. The molecule has 0 amide bonds. The minimum absolute atomic E-state index is 0.321. The Morgan fingerprint density at radius 1 is 1.24 bits per heavy atom. The van der Waals surface area contributed by atoms with Gasteiger partial charge in [0, 0.05) is 37.8 Å². The molecule has 5 nitrogen and oxygen atoms in total. The van der Waals surface area contributed by atoms with Crippen molar-refractivity contribution < 1.29 is 4.84 Å². The molecule has 2 aromatic rings. The number of nitrogens with zero attached hydrogens (tertiary/aromatic N) is 2. The van der Waals surface area contributed by atoms with E-state index in [1.165, 1.54) is 24.2 Å². The van der Waals surface area contributed by atoms with Crippen molar-refractivity contribution in [1.82, 2.24) is 20.3 Å². The van der Waals surface area contributed by atoms with E-state index in [1.807, 2.05) is 0 Å². The maximum Gasteiger partial charge on any atom is 0.109 e. The molecule has 0 saturated heterocycles. The molecule has 0 spiro atoms. The van der Waals surface area contributed by atoms with E-state index in [2.05, 4.69) is 58.8 Å². The Bertz CT molecular complexity index is 636. The molecule has 1 fully saturated rings. The molecule has 1 aromatic carbocycles. The highest BCUT2D eigenvalue weighted by atomic mass is 16.6. The summed E-state index contributed by atoms with van der Waals surface area (Å²) in [6.45, 7) is 4.03. The Morgan fingerprint density at radius 2 is 2.04 bits per heavy atom. The number of rotatable bonds is 11. The third-order valence-electron chi connectivity index (χ3n) is 4.69. The van der Waals surface area contributed by atoms with E-state index in [0.29, 0.717) is 12.1 Å². The molecule has 1 saturated carbocycles. The van der Waals surface area contributed by atoms with Gasteiger partial charge < -0.3 is 14.7 Å². The highest BCUT2D eigenvalue weighted by Gasteiger charge is 2.24. The molecule has 0 bridgehead atoms. The molecule has 3 rings (SSSR count). The predicted molar refractivity (Wildman–Crippen MR) is 100 cm³/mol. The summed E-state index contributed by atoms with van der Waals surface area (Å²) in [5, 5.41) is 3.65. The second-order valence-corrected chi connectivity index (χ2v) is 6.88. The largest absolute Gasteiger partial charge is 0.335 e. The maximum absolute atomic E-state index is 4.95. The van der Waals surface area contributed by atoms with Gasteiger partial charge in [-0.15, -0.1) is 0 Å². The first-order chi connectivity index (χ1) is 12.3. The van der Waals surface area contributed by atoms with Crippen LogP contribution in [0.5, 0.6) is 0 Å². The van der Waals surface area contributed by atoms with Crippen molar-refractivity contribution in [1.29, 1.82) is 0 Å². The van der Waals surface area contributed by atoms with Gasteiger partial charge in [-0.05, 0) is 38.2 Å². The topological polar surface area (TPSA) is 51.1 Å². The number of hydrogen-bond donors (Lipinski definition) is 2. The summed E-state index contributed by atoms with van der Waals surface area (Å²) in [5.74, 6) is 1.18. The zero-order valence-electron chi connectivity index (χ0n) is 15.4. The molecule has 0 aliphatic heterocycles. The summed E-state index contributed by atoms with van der Waals surface area (Å²) in [7, 11) is 1.66. The Kier molecular flexibility index (Phi) is 6.62. The van der Waals surface area contributed by atoms with Gasteiger partial charge in [0.05, 0.1) is 12.8 Å². The third-order valence-corrected chi connectivity index (χ3v) is 4.69. The highest BCUT2D eigenvalue weighted by molar-refractivity contribution is 5.17. The van der Waals surface area contributed by atoms with E-state index < -0.39 is 0 Å². The second-order valence-electron chi connectivity index (χ2n) is 6.88. The quantitative estimate of drug-likeness (QED) is 0.487. The molecular formula is C20H30N4O. The zero-order valence-corrected chi connectivity index (χ0v) is 15.4. The molecule has 25 heavy (non-hydrogen) atoms. The van der Waals surface area contributed by atoms with Crippen LogP contribution in [0.2, 0.25) is 0 Å². The number of hydrogen-bond acceptors (Lipinski definition) is 4. The number of hydroxylamine groups is 1. The van der Waals surface area contributed by atoms with Crippen LogP contribution in [-0.2, 0) is 24.2 Å². The van der Waals surface area contributed by atoms with Crippen LogP contribution < -0.4 is 10.8 Å². The van der Waals surface area contributed by atoms with Crippen LogP contribution in [0.3, 0.4) is 0 Å². The zero-order chi connectivity index (χ0) is 17.5. The van der Waals surface area contributed by atoms with Gasteiger partial charge in [0.25, 0.3) is 0 Å². The molecule has 0 radical (unpaired) electrons. The monoisotopic (exact) mass is 342 g/mol. The lowest BCUT2D eigenvalue weighted by atomic mass is 10.1. The molecule has 2 N–H and O–H groups in total. The lowest BCUT2D eigenvalue weighted by molar-refractivity contribution is 0.0900. The van der Waals surface area contributed by atoms with Crippen LogP contribution in [0.1, 0.15) is 49.3 Å². The first-order valence-electron chi connectivity index (χ1n) is 9.38. The van der Waals surface area contributed by atoms with Gasteiger partial charge in [0.15, 0.2) is 0 Å². The van der Waals surface area contributed by atoms with Gasteiger partial charge in [0.1, 0.15) is 5.82 Å². The molecule has 1 heterocycles. The van der Waals surface area contributed by atoms with Gasteiger partial charge in [-0.3, -0.25) is 0 Å². The van der Waals surface area contributed by atoms with Crippen molar-refractivity contribution in [2.24, 2.45) is 0 Å². The van der Waals surface area contributed by atoms with Gasteiger partial charge in [-0.1, -0.05) is 30.3 Å². The van der Waals surface area contributed by atoms with Gasteiger partial charge in [-0.2, -0.15) is 0 Å². The summed E-state index contributed by atoms with van der Waals surface area (Å²) in [6, 6.07) is 11.7. The van der Waals surface area contributed by atoms with Crippen molar-refractivity contribution in [3.63, 3.8) is 0 Å². The summed E-state index contributed by atoms with van der Waals surface area (Å²) in [6.07, 6.45) is 7.85. The summed E-state index contributed by atoms with van der Waals surface area (Å²) >= 11 is 0. The Labute approximate surface area is 150 Å². The second kappa shape index (κ2) is 9.13. The van der Waals surface area contributed by atoms with Crippen LogP contribution in [0, 0.1) is 0 Å². The summed E-state index contributed by atoms with van der Waals surface area (Å²) in [4.78, 5) is 9.88. The van der Waals surface area contributed by atoms with Crippen LogP contribution in [-0.4, -0.2) is 29.2 Å². The fraction of sp³-hybridized carbons (Fsp3) is 0.550. The van der Waals surface area contributed by atoms with E-state index in [0.717, 1.165) is 38.0 Å². The van der Waals surface area contributed by atoms with Crippen LogP contribution in [0.15, 0.2) is 36.5 Å². The molecule has 1 aromatic heterocycles. The van der Waals surface area contributed by atoms with Crippen molar-refractivity contribution >= 4 is 0 Å². The molecule has 1 aliphatic rings. The minimum Gasteiger partial charge on any atom is -0.335 e. The predicted octanol–water partition coefficient (Wildman–Crippen LogP) is 3.02. The fourth-order valence-electron chi connectivity index (χ4n) is 3.09. The van der Waals surface area contributed by atoms with E-state index in [1.54, 1.807) is 7.11 Å². The standard InChI is InChI=1S/C20H30N4O/c1-16(22-18-10-11-18)19-15-24(14-6-13-21-25-2)20(23-19)12-9-17-7-4-3-5-8-17/h3-5,7-8,15-16,18,21-22H,6,9-14H2,1-2H3/t16-/m1/s1. The number of nitrogens with one attached hydrogen (secondary N) is 2. The molecular weight excluding hydrogens is 312 g/mol. The molecule has 136 valence electrons. The Balaban J connectivity index is 1.64. The van der Waals surface area contributed by atoms with Crippen LogP contribution in [0.4, 0.5) is 0 Å². The summed E-state index contributed by atoms with van der Waals surface area (Å²) < 4.78 is 2.32. The highest BCUT2D eigenvalue weighted by Crippen LogP contribution is 2.24. The Hall–Kier alpha value is -1.69. The molecule has 5 heteroatoms. The average Bonchev–Trinajstić information content (AvgIpc) is 3.35. The van der Waals surface area contributed by atoms with E-state index in [9.17, 15) is 0 Å². The first-order valence-corrected chi connectivity index (χ1v) is 9.38. The molecule has 1 atom stereocenters. The van der Waals surface area contributed by atoms with Crippen LogP contribution in [0.25, 0.3) is 0 Å². The number of benzene rings is 1. The van der Waals surface area contributed by atoms with Crippen molar-refractivity contribution in [3.05, 3.63) is 53.6 Å². The van der Waals surface area contributed by atoms with E-state index in [4.69, 9.17) is 9.82 Å². The lowest BCUT2D eigenvalue weighted by Gasteiger charge is -2.09. The first kappa shape index (κ1) is 18.1. The SMILES string of the molecule is CONCCCn1cc([C@@H](C)NC2CC2)nc1CCc1ccccc1. The van der Waals surface area contributed by atoms with Crippen LogP contribution >= 0.6 is 0 Å². The minimum atomic E-state index is 0.321. The van der Waals surface area contributed by atoms with Gasteiger partial charge >= 0.3 is 0 Å². The molecule has 0 unspecified atom stereocenters. The number of aryl methyl sites for hydroxylation is 3. The van der Waals surface area contributed by atoms with Crippen molar-refractivity contribution in [3.8, 4) is 0 Å². The number of imidazole rings is 1. The van der Waals surface area contributed by atoms with Gasteiger partial charge in [-0.25, -0.2) is 10.5 Å². The lowest BCUT2D eigenvalue weighted by Crippen LogP contribution is -2.21. The smallest absolute Gasteiger partial charge is 0.109 e. The normalized spacial score (nSPS) is 15.4. The average molecular weight is 342 g/mol. The van der Waals surface area contributed by atoms with Gasteiger partial charge in [0.2, 0.25) is 0 Å². The Morgan fingerprint density at radius 3 is 2.76 bits per heavy atom. The number of aromatic nitrogens is 2. The van der Waals surface area contributed by atoms with E-state index in [-0.39, 0.29) is 0 Å². The summed E-state index contributed by atoms with van der Waals surface area (Å²) in [5.41, 5.74) is 5.44. The maximum atomic E-state index is 4.95. The third kappa shape index (κ3) is 5.66. The van der Waals surface area contributed by atoms with Crippen molar-refractivity contribution in [2.45, 2.75) is 57.7 Å². The van der Waals surface area contributed by atoms with E-state index >= 15 is 0 Å².